The van der Waals surface area contributed by atoms with Gasteiger partial charge >= 0.3 is 6.03 Å². The number of hydrogen-bond donors (Lipinski definition) is 2. The molecule has 0 spiro atoms. The predicted octanol–water partition coefficient (Wildman–Crippen LogP) is 0.111. The van der Waals surface area contributed by atoms with Gasteiger partial charge in [-0.3, -0.25) is 5.32 Å². The Morgan fingerprint density at radius 3 is 2.83 bits per heavy atom. The van der Waals surface area contributed by atoms with Crippen molar-refractivity contribution in [3.63, 3.8) is 0 Å². The van der Waals surface area contributed by atoms with Crippen molar-refractivity contribution >= 4 is 6.03 Å². The van der Waals surface area contributed by atoms with Gasteiger partial charge in [-0.05, 0) is 19.3 Å². The predicted molar refractivity (Wildman–Crippen MR) is 45.7 cm³/mol. The van der Waals surface area contributed by atoms with E-state index in [2.05, 4.69) is 10.6 Å². The number of nitrogens with zero attached hydrogens (tertiary/aromatic N) is 1. The number of urea groups is 1. The van der Waals surface area contributed by atoms with Gasteiger partial charge in [0.1, 0.15) is 0 Å². The maximum Gasteiger partial charge on any atom is 0.318 e. The third-order valence-electron chi connectivity index (χ3n) is 2.58. The van der Waals surface area contributed by atoms with Crippen molar-refractivity contribution in [2.24, 2.45) is 0 Å². The summed E-state index contributed by atoms with van der Waals surface area (Å²) in [6.07, 6.45) is 3.59. The molecule has 0 atom stereocenters. The van der Waals surface area contributed by atoms with Gasteiger partial charge in [0.15, 0.2) is 0 Å². The molecular formula is C8H15N3O. The Morgan fingerprint density at radius 1 is 1.50 bits per heavy atom. The molecule has 2 amide bonds. The number of hydrogen-bond acceptors (Lipinski definition) is 2. The maximum atomic E-state index is 11.4. The van der Waals surface area contributed by atoms with Crippen molar-refractivity contribution in [2.75, 3.05) is 19.8 Å². The minimum atomic E-state index is 0.102. The summed E-state index contributed by atoms with van der Waals surface area (Å²) < 4.78 is 0. The van der Waals surface area contributed by atoms with Crippen LogP contribution in [0.25, 0.3) is 0 Å². The van der Waals surface area contributed by atoms with Crippen LogP contribution in [0.5, 0.6) is 0 Å². The quantitative estimate of drug-likeness (QED) is 0.585. The Kier molecular flexibility index (Phi) is 2.17. The highest BCUT2D eigenvalue weighted by atomic mass is 16.2. The summed E-state index contributed by atoms with van der Waals surface area (Å²) in [7, 11) is 0. The van der Waals surface area contributed by atoms with Gasteiger partial charge in [0.25, 0.3) is 0 Å². The lowest BCUT2D eigenvalue weighted by molar-refractivity contribution is 0.196. The molecule has 2 rings (SSSR count). The van der Waals surface area contributed by atoms with Gasteiger partial charge in [0.05, 0.1) is 6.67 Å². The Hall–Kier alpha value is -0.770. The molecule has 1 saturated carbocycles. The molecule has 0 aromatic heterocycles. The summed E-state index contributed by atoms with van der Waals surface area (Å²) in [5, 5.41) is 6.13. The first kappa shape index (κ1) is 7.86. The normalized spacial score (nSPS) is 23.8. The van der Waals surface area contributed by atoms with Crippen molar-refractivity contribution in [3.05, 3.63) is 0 Å². The van der Waals surface area contributed by atoms with Crippen molar-refractivity contribution in [1.29, 1.82) is 0 Å². The first-order valence-corrected chi connectivity index (χ1v) is 4.62. The fourth-order valence-corrected chi connectivity index (χ4v) is 1.50. The minimum absolute atomic E-state index is 0.102. The van der Waals surface area contributed by atoms with Gasteiger partial charge in [-0.1, -0.05) is 0 Å². The lowest BCUT2D eigenvalue weighted by Crippen LogP contribution is -2.46. The van der Waals surface area contributed by atoms with Crippen molar-refractivity contribution in [3.8, 4) is 0 Å². The molecule has 68 valence electrons. The standard InChI is InChI=1S/C8H15N3O/c12-8(10-7-2-1-3-7)11-5-4-9-6-11/h7,9H,1-6H2,(H,10,12). The highest BCUT2D eigenvalue weighted by molar-refractivity contribution is 5.74. The van der Waals surface area contributed by atoms with Gasteiger partial charge in [0, 0.05) is 19.1 Å². The Balaban J connectivity index is 1.74. The molecule has 1 aliphatic carbocycles. The summed E-state index contributed by atoms with van der Waals surface area (Å²) >= 11 is 0. The molecule has 12 heavy (non-hydrogen) atoms. The number of carbonyl (C=O) groups is 1. The summed E-state index contributed by atoms with van der Waals surface area (Å²) in [5.41, 5.74) is 0. The highest BCUT2D eigenvalue weighted by Crippen LogP contribution is 2.18. The van der Waals surface area contributed by atoms with Crippen LogP contribution >= 0.6 is 0 Å². The van der Waals surface area contributed by atoms with Crippen LogP contribution in [-0.2, 0) is 0 Å². The van der Waals surface area contributed by atoms with Crippen molar-refractivity contribution in [2.45, 2.75) is 25.3 Å². The molecule has 0 bridgehead atoms. The molecule has 0 unspecified atom stereocenters. The zero-order chi connectivity index (χ0) is 8.39. The lowest BCUT2D eigenvalue weighted by Gasteiger charge is -2.28. The third-order valence-corrected chi connectivity index (χ3v) is 2.58. The van der Waals surface area contributed by atoms with Gasteiger partial charge < -0.3 is 10.2 Å². The second-order valence-electron chi connectivity index (χ2n) is 3.50. The van der Waals surface area contributed by atoms with E-state index in [1.165, 1.54) is 6.42 Å². The number of amides is 2. The second kappa shape index (κ2) is 3.31. The average molecular weight is 169 g/mol. The highest BCUT2D eigenvalue weighted by Gasteiger charge is 2.23. The summed E-state index contributed by atoms with van der Waals surface area (Å²) in [6.45, 7) is 2.48. The zero-order valence-electron chi connectivity index (χ0n) is 7.18. The van der Waals surface area contributed by atoms with E-state index in [-0.39, 0.29) is 6.03 Å². The van der Waals surface area contributed by atoms with Gasteiger partial charge in [-0.25, -0.2) is 4.79 Å². The van der Waals surface area contributed by atoms with Crippen LogP contribution in [0.4, 0.5) is 4.79 Å². The molecule has 4 heteroatoms. The van der Waals surface area contributed by atoms with Crippen LogP contribution < -0.4 is 10.6 Å². The van der Waals surface area contributed by atoms with E-state index in [9.17, 15) is 4.79 Å². The van der Waals surface area contributed by atoms with Crippen LogP contribution in [-0.4, -0.2) is 36.7 Å². The van der Waals surface area contributed by atoms with Gasteiger partial charge in [-0.15, -0.1) is 0 Å². The van der Waals surface area contributed by atoms with Crippen LogP contribution in [0.15, 0.2) is 0 Å². The summed E-state index contributed by atoms with van der Waals surface area (Å²) in [4.78, 5) is 13.2. The SMILES string of the molecule is O=C(NC1CCC1)N1CCNC1. The number of rotatable bonds is 1. The Bertz CT molecular complexity index is 173. The van der Waals surface area contributed by atoms with E-state index in [0.29, 0.717) is 12.7 Å². The van der Waals surface area contributed by atoms with Crippen LogP contribution in [0.3, 0.4) is 0 Å². The summed E-state index contributed by atoms with van der Waals surface area (Å²) in [5.74, 6) is 0. The molecule has 1 heterocycles. The van der Waals surface area contributed by atoms with Crippen LogP contribution in [0.2, 0.25) is 0 Å². The lowest BCUT2D eigenvalue weighted by atomic mass is 9.93. The topological polar surface area (TPSA) is 44.4 Å². The molecule has 0 aromatic carbocycles. The fourth-order valence-electron chi connectivity index (χ4n) is 1.50. The zero-order valence-corrected chi connectivity index (χ0v) is 7.18. The van der Waals surface area contributed by atoms with Crippen molar-refractivity contribution in [1.82, 2.24) is 15.5 Å². The monoisotopic (exact) mass is 169 g/mol. The summed E-state index contributed by atoms with van der Waals surface area (Å²) in [6, 6.07) is 0.558. The average Bonchev–Trinajstić information content (AvgIpc) is 2.47. The third kappa shape index (κ3) is 1.53. The maximum absolute atomic E-state index is 11.4. The molecule has 2 aliphatic rings. The Morgan fingerprint density at radius 2 is 2.33 bits per heavy atom. The van der Waals surface area contributed by atoms with Gasteiger partial charge in [-0.2, -0.15) is 0 Å². The molecule has 0 radical (unpaired) electrons. The van der Waals surface area contributed by atoms with E-state index < -0.39 is 0 Å². The molecule has 2 fully saturated rings. The van der Waals surface area contributed by atoms with Crippen LogP contribution in [0, 0.1) is 0 Å². The molecule has 1 aliphatic heterocycles. The Labute approximate surface area is 72.3 Å². The molecule has 2 N–H and O–H groups in total. The molecule has 0 aromatic rings. The van der Waals surface area contributed by atoms with Gasteiger partial charge in [0.2, 0.25) is 0 Å². The van der Waals surface area contributed by atoms with E-state index >= 15 is 0 Å². The minimum Gasteiger partial charge on any atom is -0.335 e. The van der Waals surface area contributed by atoms with E-state index in [4.69, 9.17) is 0 Å². The molecule has 4 nitrogen and oxygen atoms in total. The van der Waals surface area contributed by atoms with E-state index in [1.807, 2.05) is 4.90 Å². The first-order valence-electron chi connectivity index (χ1n) is 4.62. The smallest absolute Gasteiger partial charge is 0.318 e. The van der Waals surface area contributed by atoms with Crippen LogP contribution in [0.1, 0.15) is 19.3 Å². The van der Waals surface area contributed by atoms with E-state index in [1.54, 1.807) is 0 Å². The molecular weight excluding hydrogens is 154 g/mol. The largest absolute Gasteiger partial charge is 0.335 e. The van der Waals surface area contributed by atoms with E-state index in [0.717, 1.165) is 25.9 Å². The molecule has 1 saturated heterocycles. The first-order chi connectivity index (χ1) is 5.86. The second-order valence-corrected chi connectivity index (χ2v) is 3.50. The number of carbonyl (C=O) groups excluding carboxylic acids is 1. The fraction of sp³-hybridized carbons (Fsp3) is 0.875. The van der Waals surface area contributed by atoms with Crippen molar-refractivity contribution < 1.29 is 4.79 Å². The number of nitrogens with one attached hydrogen (secondary N) is 2.